The second kappa shape index (κ2) is 5.70. The first kappa shape index (κ1) is 11.9. The average Bonchev–Trinajstić information content (AvgIpc) is 3.18. The highest BCUT2D eigenvalue weighted by Gasteiger charge is 2.24. The molecular weight excluding hydrogens is 212 g/mol. The Balaban J connectivity index is 1.84. The molecule has 1 aromatic carbocycles. The van der Waals surface area contributed by atoms with Gasteiger partial charge < -0.3 is 4.74 Å². The van der Waals surface area contributed by atoms with Crippen LogP contribution in [0.4, 0.5) is 0 Å². The average molecular weight is 230 g/mol. The Morgan fingerprint density at radius 2 is 2.35 bits per heavy atom. The van der Waals surface area contributed by atoms with Crippen LogP contribution in [0, 0.1) is 11.3 Å². The maximum absolute atomic E-state index is 8.99. The zero-order valence-electron chi connectivity index (χ0n) is 10.1. The molecule has 1 N–H and O–H groups in total. The van der Waals surface area contributed by atoms with Gasteiger partial charge in [-0.1, -0.05) is 19.1 Å². The van der Waals surface area contributed by atoms with Crippen LogP contribution < -0.4 is 10.1 Å². The smallest absolute Gasteiger partial charge is 0.130 e. The predicted molar refractivity (Wildman–Crippen MR) is 66.9 cm³/mol. The molecule has 0 amide bonds. The van der Waals surface area contributed by atoms with Gasteiger partial charge in [0.1, 0.15) is 18.4 Å². The molecule has 90 valence electrons. The molecule has 2 rings (SSSR count). The van der Waals surface area contributed by atoms with E-state index in [2.05, 4.69) is 24.4 Å². The van der Waals surface area contributed by atoms with Gasteiger partial charge in [-0.3, -0.25) is 5.32 Å². The summed E-state index contributed by atoms with van der Waals surface area (Å²) in [4.78, 5) is 0. The summed E-state index contributed by atoms with van der Waals surface area (Å²) in [6.45, 7) is 2.53. The molecule has 1 unspecified atom stereocenters. The molecule has 1 aliphatic carbocycles. The lowest BCUT2D eigenvalue weighted by Crippen LogP contribution is -2.34. The first-order valence-corrected chi connectivity index (χ1v) is 6.19. The minimum Gasteiger partial charge on any atom is -0.491 e. The SMILES string of the molecule is CCc1cccc(OCC(C#N)NC2CC2)c1. The minimum atomic E-state index is -0.201. The third kappa shape index (κ3) is 3.76. The second-order valence-electron chi connectivity index (χ2n) is 4.43. The number of rotatable bonds is 6. The Hall–Kier alpha value is -1.53. The highest BCUT2D eigenvalue weighted by Crippen LogP contribution is 2.19. The number of ether oxygens (including phenoxy) is 1. The molecule has 1 fully saturated rings. The van der Waals surface area contributed by atoms with E-state index in [4.69, 9.17) is 10.00 Å². The zero-order valence-corrected chi connectivity index (χ0v) is 10.1. The molecule has 1 saturated carbocycles. The Kier molecular flexibility index (Phi) is 4.00. The van der Waals surface area contributed by atoms with Crippen LogP contribution in [0.2, 0.25) is 0 Å². The molecule has 0 spiro atoms. The predicted octanol–water partition coefficient (Wildman–Crippen LogP) is 2.27. The molecular formula is C14H18N2O. The number of nitrogens with zero attached hydrogens (tertiary/aromatic N) is 1. The summed E-state index contributed by atoms with van der Waals surface area (Å²) in [6, 6.07) is 10.6. The summed E-state index contributed by atoms with van der Waals surface area (Å²) in [5, 5.41) is 12.2. The fraction of sp³-hybridized carbons (Fsp3) is 0.500. The summed E-state index contributed by atoms with van der Waals surface area (Å²) >= 11 is 0. The number of nitriles is 1. The maximum Gasteiger partial charge on any atom is 0.130 e. The summed E-state index contributed by atoms with van der Waals surface area (Å²) in [5.74, 6) is 0.849. The normalized spacial score (nSPS) is 16.2. The van der Waals surface area contributed by atoms with Gasteiger partial charge in [-0.2, -0.15) is 5.26 Å². The minimum absolute atomic E-state index is 0.201. The van der Waals surface area contributed by atoms with Gasteiger partial charge in [0, 0.05) is 6.04 Å². The maximum atomic E-state index is 8.99. The largest absolute Gasteiger partial charge is 0.491 e. The van der Waals surface area contributed by atoms with Crippen molar-refractivity contribution in [1.29, 1.82) is 5.26 Å². The van der Waals surface area contributed by atoms with E-state index in [1.165, 1.54) is 18.4 Å². The molecule has 1 atom stereocenters. The number of hydrogen-bond donors (Lipinski definition) is 1. The van der Waals surface area contributed by atoms with Crippen molar-refractivity contribution < 1.29 is 4.74 Å². The lowest BCUT2D eigenvalue weighted by molar-refractivity contribution is 0.288. The van der Waals surface area contributed by atoms with Crippen LogP contribution >= 0.6 is 0 Å². The first-order chi connectivity index (χ1) is 8.31. The van der Waals surface area contributed by atoms with Gasteiger partial charge in [0.2, 0.25) is 0 Å². The van der Waals surface area contributed by atoms with Crippen molar-refractivity contribution in [2.75, 3.05) is 6.61 Å². The fourth-order valence-corrected chi connectivity index (χ4v) is 1.69. The van der Waals surface area contributed by atoms with Gasteiger partial charge in [0.25, 0.3) is 0 Å². The van der Waals surface area contributed by atoms with Crippen molar-refractivity contribution in [3.63, 3.8) is 0 Å². The quantitative estimate of drug-likeness (QED) is 0.815. The van der Waals surface area contributed by atoms with Crippen molar-refractivity contribution in [3.05, 3.63) is 29.8 Å². The summed E-state index contributed by atoms with van der Waals surface area (Å²) < 4.78 is 5.65. The molecule has 0 radical (unpaired) electrons. The van der Waals surface area contributed by atoms with Crippen LogP contribution in [0.1, 0.15) is 25.3 Å². The lowest BCUT2D eigenvalue weighted by atomic mass is 10.2. The van der Waals surface area contributed by atoms with Crippen molar-refractivity contribution in [1.82, 2.24) is 5.32 Å². The summed E-state index contributed by atoms with van der Waals surface area (Å²) in [5.41, 5.74) is 1.26. The van der Waals surface area contributed by atoms with E-state index in [1.54, 1.807) is 0 Å². The molecule has 17 heavy (non-hydrogen) atoms. The molecule has 3 nitrogen and oxygen atoms in total. The van der Waals surface area contributed by atoms with Gasteiger partial charge >= 0.3 is 0 Å². The zero-order chi connectivity index (χ0) is 12.1. The number of nitrogens with one attached hydrogen (secondary N) is 1. The number of hydrogen-bond acceptors (Lipinski definition) is 3. The highest BCUT2D eigenvalue weighted by molar-refractivity contribution is 5.28. The molecule has 0 aromatic heterocycles. The molecule has 0 saturated heterocycles. The first-order valence-electron chi connectivity index (χ1n) is 6.19. The van der Waals surface area contributed by atoms with Gasteiger partial charge in [-0.15, -0.1) is 0 Å². The lowest BCUT2D eigenvalue weighted by Gasteiger charge is -2.12. The Morgan fingerprint density at radius 3 is 3.00 bits per heavy atom. The van der Waals surface area contributed by atoms with Crippen molar-refractivity contribution in [3.8, 4) is 11.8 Å². The van der Waals surface area contributed by atoms with Crippen LogP contribution in [0.15, 0.2) is 24.3 Å². The Labute approximate surface area is 102 Å². The van der Waals surface area contributed by atoms with Crippen molar-refractivity contribution in [2.24, 2.45) is 0 Å². The highest BCUT2D eigenvalue weighted by atomic mass is 16.5. The summed E-state index contributed by atoms with van der Waals surface area (Å²) in [7, 11) is 0. The van der Waals surface area contributed by atoms with E-state index >= 15 is 0 Å². The van der Waals surface area contributed by atoms with Gasteiger partial charge in [0.15, 0.2) is 0 Å². The van der Waals surface area contributed by atoms with E-state index in [9.17, 15) is 0 Å². The van der Waals surface area contributed by atoms with Gasteiger partial charge in [0.05, 0.1) is 6.07 Å². The van der Waals surface area contributed by atoms with Crippen molar-refractivity contribution in [2.45, 2.75) is 38.3 Å². The Bertz CT molecular complexity index is 407. The van der Waals surface area contributed by atoms with Gasteiger partial charge in [-0.05, 0) is 37.0 Å². The van der Waals surface area contributed by atoms with E-state index in [0.717, 1.165) is 12.2 Å². The van der Waals surface area contributed by atoms with E-state index in [1.807, 2.05) is 18.2 Å². The summed E-state index contributed by atoms with van der Waals surface area (Å²) in [6.07, 6.45) is 3.37. The van der Waals surface area contributed by atoms with Crippen LogP contribution in [0.25, 0.3) is 0 Å². The van der Waals surface area contributed by atoms with E-state index in [0.29, 0.717) is 12.6 Å². The molecule has 1 aliphatic rings. The molecule has 0 heterocycles. The van der Waals surface area contributed by atoms with E-state index < -0.39 is 0 Å². The van der Waals surface area contributed by atoms with E-state index in [-0.39, 0.29) is 6.04 Å². The third-order valence-corrected chi connectivity index (χ3v) is 2.89. The monoisotopic (exact) mass is 230 g/mol. The standard InChI is InChI=1S/C14H18N2O/c1-2-11-4-3-5-14(8-11)17-10-13(9-15)16-12-6-7-12/h3-5,8,12-13,16H,2,6-7,10H2,1H3. The number of benzene rings is 1. The third-order valence-electron chi connectivity index (χ3n) is 2.89. The fourth-order valence-electron chi connectivity index (χ4n) is 1.69. The van der Waals surface area contributed by atoms with Crippen LogP contribution in [-0.4, -0.2) is 18.7 Å². The molecule has 3 heteroatoms. The second-order valence-corrected chi connectivity index (χ2v) is 4.43. The van der Waals surface area contributed by atoms with Crippen LogP contribution in [-0.2, 0) is 6.42 Å². The molecule has 0 aliphatic heterocycles. The molecule has 0 bridgehead atoms. The van der Waals surface area contributed by atoms with Crippen molar-refractivity contribution >= 4 is 0 Å². The number of aryl methyl sites for hydroxylation is 1. The van der Waals surface area contributed by atoms with Crippen LogP contribution in [0.5, 0.6) is 5.75 Å². The van der Waals surface area contributed by atoms with Gasteiger partial charge in [-0.25, -0.2) is 0 Å². The molecule has 1 aromatic rings. The van der Waals surface area contributed by atoms with Crippen LogP contribution in [0.3, 0.4) is 0 Å². The Morgan fingerprint density at radius 1 is 1.53 bits per heavy atom. The topological polar surface area (TPSA) is 45.0 Å².